The number of benzene rings is 1. The largest absolute Gasteiger partial charge is 0.496 e. The molecule has 0 unspecified atom stereocenters. The first-order valence-corrected chi connectivity index (χ1v) is 4.47. The van der Waals surface area contributed by atoms with Crippen molar-refractivity contribution in [2.24, 2.45) is 0 Å². The molecule has 0 fully saturated rings. The molecule has 0 aliphatic carbocycles. The number of carbonyl (C=O) groups is 1. The van der Waals surface area contributed by atoms with Gasteiger partial charge in [-0.1, -0.05) is 0 Å². The van der Waals surface area contributed by atoms with Gasteiger partial charge in [-0.25, -0.2) is 0 Å². The zero-order valence-electron chi connectivity index (χ0n) is 8.61. The monoisotopic (exact) mass is 194 g/mol. The summed E-state index contributed by atoms with van der Waals surface area (Å²) in [6, 6.07) is 5.18. The Morgan fingerprint density at radius 2 is 2.07 bits per heavy atom. The van der Waals surface area contributed by atoms with Crippen LogP contribution < -0.4 is 9.47 Å². The molecule has 0 radical (unpaired) electrons. The van der Waals surface area contributed by atoms with Crippen LogP contribution in [0.25, 0.3) is 0 Å². The Kier molecular flexibility index (Phi) is 3.51. The van der Waals surface area contributed by atoms with E-state index in [1.807, 2.05) is 13.8 Å². The van der Waals surface area contributed by atoms with Gasteiger partial charge in [-0.2, -0.15) is 0 Å². The van der Waals surface area contributed by atoms with E-state index in [0.29, 0.717) is 17.1 Å². The number of aldehydes is 1. The van der Waals surface area contributed by atoms with Crippen LogP contribution in [0.3, 0.4) is 0 Å². The van der Waals surface area contributed by atoms with Crippen molar-refractivity contribution in [3.05, 3.63) is 23.8 Å². The number of hydrogen-bond acceptors (Lipinski definition) is 3. The summed E-state index contributed by atoms with van der Waals surface area (Å²) in [6.45, 7) is 3.87. The van der Waals surface area contributed by atoms with Gasteiger partial charge in [-0.15, -0.1) is 0 Å². The van der Waals surface area contributed by atoms with Crippen LogP contribution in [-0.4, -0.2) is 19.5 Å². The van der Waals surface area contributed by atoms with E-state index in [4.69, 9.17) is 9.47 Å². The first kappa shape index (κ1) is 10.6. The SMILES string of the molecule is COc1ccc(OC(C)C)cc1C=O. The summed E-state index contributed by atoms with van der Waals surface area (Å²) >= 11 is 0. The Bertz CT molecular complexity index is 318. The van der Waals surface area contributed by atoms with Crippen molar-refractivity contribution in [1.29, 1.82) is 0 Å². The van der Waals surface area contributed by atoms with Crippen LogP contribution in [-0.2, 0) is 0 Å². The third kappa shape index (κ3) is 2.49. The van der Waals surface area contributed by atoms with Crippen molar-refractivity contribution >= 4 is 6.29 Å². The highest BCUT2D eigenvalue weighted by Gasteiger charge is 2.04. The molecule has 14 heavy (non-hydrogen) atoms. The quantitative estimate of drug-likeness (QED) is 0.690. The predicted molar refractivity (Wildman–Crippen MR) is 54.1 cm³/mol. The molecule has 3 heteroatoms. The molecule has 0 saturated heterocycles. The third-order valence-electron chi connectivity index (χ3n) is 1.70. The summed E-state index contributed by atoms with van der Waals surface area (Å²) in [6.07, 6.45) is 0.856. The normalized spacial score (nSPS) is 10.0. The number of ether oxygens (including phenoxy) is 2. The lowest BCUT2D eigenvalue weighted by atomic mass is 10.2. The third-order valence-corrected chi connectivity index (χ3v) is 1.70. The maximum Gasteiger partial charge on any atom is 0.153 e. The lowest BCUT2D eigenvalue weighted by molar-refractivity contribution is 0.111. The van der Waals surface area contributed by atoms with Crippen LogP contribution >= 0.6 is 0 Å². The van der Waals surface area contributed by atoms with E-state index in [9.17, 15) is 4.79 Å². The van der Waals surface area contributed by atoms with Crippen molar-refractivity contribution in [3.8, 4) is 11.5 Å². The standard InChI is InChI=1S/C11H14O3/c1-8(2)14-10-4-5-11(13-3)9(6-10)7-12/h4-8H,1-3H3. The highest BCUT2D eigenvalue weighted by atomic mass is 16.5. The molecule has 1 aromatic rings. The highest BCUT2D eigenvalue weighted by Crippen LogP contribution is 2.22. The maximum atomic E-state index is 10.7. The average molecular weight is 194 g/mol. The van der Waals surface area contributed by atoms with Gasteiger partial charge in [0.1, 0.15) is 11.5 Å². The van der Waals surface area contributed by atoms with Gasteiger partial charge in [-0.05, 0) is 32.0 Å². The predicted octanol–water partition coefficient (Wildman–Crippen LogP) is 2.29. The lowest BCUT2D eigenvalue weighted by Crippen LogP contribution is -2.05. The molecule has 0 aliphatic rings. The van der Waals surface area contributed by atoms with Gasteiger partial charge in [0.25, 0.3) is 0 Å². The summed E-state index contributed by atoms with van der Waals surface area (Å²) in [4.78, 5) is 10.7. The molecular weight excluding hydrogens is 180 g/mol. The molecule has 0 aliphatic heterocycles. The van der Waals surface area contributed by atoms with E-state index in [-0.39, 0.29) is 6.10 Å². The number of methoxy groups -OCH3 is 1. The smallest absolute Gasteiger partial charge is 0.153 e. The van der Waals surface area contributed by atoms with Gasteiger partial charge in [0.05, 0.1) is 18.8 Å². The van der Waals surface area contributed by atoms with Crippen molar-refractivity contribution < 1.29 is 14.3 Å². The fourth-order valence-corrected chi connectivity index (χ4v) is 1.15. The number of rotatable bonds is 4. The Balaban J connectivity index is 2.95. The minimum absolute atomic E-state index is 0.0999. The molecule has 0 bridgehead atoms. The Hall–Kier alpha value is -1.51. The van der Waals surface area contributed by atoms with E-state index in [1.165, 1.54) is 7.11 Å². The first-order chi connectivity index (χ1) is 6.67. The molecule has 0 atom stereocenters. The molecule has 0 heterocycles. The second-order valence-electron chi connectivity index (χ2n) is 3.19. The molecule has 3 nitrogen and oxygen atoms in total. The summed E-state index contributed by atoms with van der Waals surface area (Å²) in [7, 11) is 1.53. The summed E-state index contributed by atoms with van der Waals surface area (Å²) in [5.41, 5.74) is 0.505. The zero-order chi connectivity index (χ0) is 10.6. The molecular formula is C11H14O3. The minimum Gasteiger partial charge on any atom is -0.496 e. The van der Waals surface area contributed by atoms with Gasteiger partial charge in [0.2, 0.25) is 0 Å². The zero-order valence-corrected chi connectivity index (χ0v) is 8.61. The lowest BCUT2D eigenvalue weighted by Gasteiger charge is -2.11. The molecule has 0 spiro atoms. The molecule has 76 valence electrons. The van der Waals surface area contributed by atoms with Crippen LogP contribution in [0.4, 0.5) is 0 Å². The van der Waals surface area contributed by atoms with Crippen LogP contribution in [0.15, 0.2) is 18.2 Å². The minimum atomic E-state index is 0.0999. The summed E-state index contributed by atoms with van der Waals surface area (Å²) in [5.74, 6) is 1.25. The number of carbonyl (C=O) groups excluding carboxylic acids is 1. The van der Waals surface area contributed by atoms with Gasteiger partial charge in [-0.3, -0.25) is 4.79 Å². The van der Waals surface area contributed by atoms with Crippen molar-refractivity contribution in [2.75, 3.05) is 7.11 Å². The molecule has 0 N–H and O–H groups in total. The van der Waals surface area contributed by atoms with Crippen LogP contribution in [0, 0.1) is 0 Å². The Morgan fingerprint density at radius 3 is 2.57 bits per heavy atom. The van der Waals surface area contributed by atoms with Crippen LogP contribution in [0.1, 0.15) is 24.2 Å². The van der Waals surface area contributed by atoms with E-state index < -0.39 is 0 Å². The van der Waals surface area contributed by atoms with E-state index in [0.717, 1.165) is 6.29 Å². The number of hydrogen-bond donors (Lipinski definition) is 0. The second kappa shape index (κ2) is 4.65. The second-order valence-corrected chi connectivity index (χ2v) is 3.19. The van der Waals surface area contributed by atoms with E-state index in [2.05, 4.69) is 0 Å². The Labute approximate surface area is 83.6 Å². The molecule has 1 aromatic carbocycles. The molecule has 0 aromatic heterocycles. The highest BCUT2D eigenvalue weighted by molar-refractivity contribution is 5.80. The van der Waals surface area contributed by atoms with Gasteiger partial charge < -0.3 is 9.47 Å². The Morgan fingerprint density at radius 1 is 1.36 bits per heavy atom. The van der Waals surface area contributed by atoms with Crippen molar-refractivity contribution in [3.63, 3.8) is 0 Å². The molecule has 1 rings (SSSR count). The van der Waals surface area contributed by atoms with Crippen LogP contribution in [0.2, 0.25) is 0 Å². The van der Waals surface area contributed by atoms with E-state index >= 15 is 0 Å². The van der Waals surface area contributed by atoms with Crippen molar-refractivity contribution in [2.45, 2.75) is 20.0 Å². The van der Waals surface area contributed by atoms with Gasteiger partial charge in [0.15, 0.2) is 6.29 Å². The molecule has 0 amide bonds. The van der Waals surface area contributed by atoms with E-state index in [1.54, 1.807) is 18.2 Å². The average Bonchev–Trinajstić information content (AvgIpc) is 2.16. The topological polar surface area (TPSA) is 35.5 Å². The summed E-state index contributed by atoms with van der Waals surface area (Å²) < 4.78 is 10.5. The van der Waals surface area contributed by atoms with Gasteiger partial charge in [0, 0.05) is 0 Å². The van der Waals surface area contributed by atoms with Crippen LogP contribution in [0.5, 0.6) is 11.5 Å². The fourth-order valence-electron chi connectivity index (χ4n) is 1.15. The van der Waals surface area contributed by atoms with Gasteiger partial charge >= 0.3 is 0 Å². The van der Waals surface area contributed by atoms with Crippen molar-refractivity contribution in [1.82, 2.24) is 0 Å². The maximum absolute atomic E-state index is 10.7. The molecule has 0 saturated carbocycles. The summed E-state index contributed by atoms with van der Waals surface area (Å²) in [5, 5.41) is 0. The first-order valence-electron chi connectivity index (χ1n) is 4.47. The fraction of sp³-hybridized carbons (Fsp3) is 0.364.